The molecular weight excluding hydrogens is 256 g/mol. The van der Waals surface area contributed by atoms with E-state index in [1.165, 1.54) is 12.3 Å². The van der Waals surface area contributed by atoms with Crippen LogP contribution in [-0.2, 0) is 6.54 Å². The van der Waals surface area contributed by atoms with Crippen molar-refractivity contribution in [1.82, 2.24) is 25.1 Å². The minimum absolute atomic E-state index is 0.224. The summed E-state index contributed by atoms with van der Waals surface area (Å²) >= 11 is 0. The molecule has 0 radical (unpaired) electrons. The molecule has 0 unspecified atom stereocenters. The maximum Gasteiger partial charge on any atom is 0.270 e. The second-order valence-electron chi connectivity index (χ2n) is 4.61. The first-order valence-electron chi connectivity index (χ1n) is 6.30. The van der Waals surface area contributed by atoms with Gasteiger partial charge in [-0.1, -0.05) is 0 Å². The van der Waals surface area contributed by atoms with Crippen LogP contribution in [0.25, 0.3) is 0 Å². The number of amides is 1. The summed E-state index contributed by atoms with van der Waals surface area (Å²) in [6, 6.07) is 5.46. The van der Waals surface area contributed by atoms with Gasteiger partial charge in [-0.05, 0) is 25.0 Å². The maximum atomic E-state index is 12.0. The minimum Gasteiger partial charge on any atom is -0.343 e. The van der Waals surface area contributed by atoms with Crippen molar-refractivity contribution in [2.45, 2.75) is 25.4 Å². The number of nitrogens with one attached hydrogen (secondary N) is 1. The molecular formula is C13H12N6O. The van der Waals surface area contributed by atoms with Crippen LogP contribution in [0, 0.1) is 11.3 Å². The number of carbonyl (C=O) groups is 1. The molecule has 3 rings (SSSR count). The Kier molecular flexibility index (Phi) is 3.13. The minimum atomic E-state index is -0.326. The lowest BCUT2D eigenvalue weighted by atomic mass is 10.2. The molecule has 0 atom stereocenters. The number of rotatable bonds is 4. The zero-order valence-corrected chi connectivity index (χ0v) is 10.7. The van der Waals surface area contributed by atoms with Gasteiger partial charge >= 0.3 is 0 Å². The fraction of sp³-hybridized carbons (Fsp3) is 0.308. The third-order valence-corrected chi connectivity index (χ3v) is 3.12. The molecule has 2 aromatic rings. The molecule has 0 bridgehead atoms. The molecule has 1 amide bonds. The summed E-state index contributed by atoms with van der Waals surface area (Å²) in [5.74, 6) is 0.407. The smallest absolute Gasteiger partial charge is 0.270 e. The summed E-state index contributed by atoms with van der Waals surface area (Å²) < 4.78 is 1.99. The first-order valence-corrected chi connectivity index (χ1v) is 6.30. The fourth-order valence-electron chi connectivity index (χ4n) is 1.92. The highest BCUT2D eigenvalue weighted by Gasteiger charge is 2.26. The Morgan fingerprint density at radius 2 is 2.40 bits per heavy atom. The number of pyridine rings is 1. The Labute approximate surface area is 115 Å². The predicted octanol–water partition coefficient (Wildman–Crippen LogP) is 0.810. The molecule has 100 valence electrons. The van der Waals surface area contributed by atoms with Gasteiger partial charge in [0.15, 0.2) is 5.82 Å². The van der Waals surface area contributed by atoms with Crippen molar-refractivity contribution >= 4 is 5.91 Å². The summed E-state index contributed by atoms with van der Waals surface area (Å²) in [4.78, 5) is 15.9. The van der Waals surface area contributed by atoms with Crippen molar-refractivity contribution in [2.24, 2.45) is 0 Å². The highest BCUT2D eigenvalue weighted by molar-refractivity contribution is 5.92. The lowest BCUT2D eigenvalue weighted by Gasteiger charge is -2.06. The van der Waals surface area contributed by atoms with E-state index in [-0.39, 0.29) is 11.6 Å². The van der Waals surface area contributed by atoms with E-state index < -0.39 is 0 Å². The van der Waals surface area contributed by atoms with Gasteiger partial charge in [-0.15, -0.1) is 10.2 Å². The highest BCUT2D eigenvalue weighted by atomic mass is 16.1. The van der Waals surface area contributed by atoms with Gasteiger partial charge in [-0.3, -0.25) is 9.78 Å². The van der Waals surface area contributed by atoms with E-state index in [2.05, 4.69) is 20.5 Å². The monoisotopic (exact) mass is 268 g/mol. The van der Waals surface area contributed by atoms with Crippen molar-refractivity contribution in [3.63, 3.8) is 0 Å². The molecule has 1 N–H and O–H groups in total. The van der Waals surface area contributed by atoms with Crippen LogP contribution < -0.4 is 5.32 Å². The Hall–Kier alpha value is -2.75. The Balaban J connectivity index is 1.67. The summed E-state index contributed by atoms with van der Waals surface area (Å²) in [6.45, 7) is 0.299. The van der Waals surface area contributed by atoms with Crippen LogP contribution in [0.4, 0.5) is 0 Å². The van der Waals surface area contributed by atoms with Crippen molar-refractivity contribution in [3.8, 4) is 6.07 Å². The first-order chi connectivity index (χ1) is 9.78. The number of carbonyl (C=O) groups excluding carboxylic acids is 1. The molecule has 1 aliphatic carbocycles. The van der Waals surface area contributed by atoms with E-state index in [4.69, 9.17) is 5.26 Å². The zero-order valence-electron chi connectivity index (χ0n) is 10.7. The van der Waals surface area contributed by atoms with E-state index in [1.807, 2.05) is 10.6 Å². The van der Waals surface area contributed by atoms with Crippen molar-refractivity contribution in [3.05, 3.63) is 41.7 Å². The number of hydrogen-bond acceptors (Lipinski definition) is 5. The maximum absolute atomic E-state index is 12.0. The third-order valence-electron chi connectivity index (χ3n) is 3.12. The fourth-order valence-corrected chi connectivity index (χ4v) is 1.92. The number of nitriles is 1. The third kappa shape index (κ3) is 2.49. The molecule has 7 heteroatoms. The van der Waals surface area contributed by atoms with E-state index >= 15 is 0 Å². The van der Waals surface area contributed by atoms with Gasteiger partial charge in [0.1, 0.15) is 12.0 Å². The average molecular weight is 268 g/mol. The molecule has 0 aliphatic heterocycles. The zero-order chi connectivity index (χ0) is 13.9. The van der Waals surface area contributed by atoms with E-state index in [0.29, 0.717) is 18.2 Å². The molecule has 2 aromatic heterocycles. The highest BCUT2D eigenvalue weighted by Crippen LogP contribution is 2.35. The molecule has 0 aromatic carbocycles. The Morgan fingerprint density at radius 1 is 1.55 bits per heavy atom. The summed E-state index contributed by atoms with van der Waals surface area (Å²) in [5.41, 5.74) is 0.632. The van der Waals surface area contributed by atoms with E-state index in [9.17, 15) is 4.79 Å². The lowest BCUT2D eigenvalue weighted by molar-refractivity contribution is 0.0944. The van der Waals surface area contributed by atoms with Crippen LogP contribution in [0.1, 0.15) is 40.8 Å². The van der Waals surface area contributed by atoms with Gasteiger partial charge in [0, 0.05) is 12.2 Å². The Morgan fingerprint density at radius 3 is 3.15 bits per heavy atom. The molecule has 7 nitrogen and oxygen atoms in total. The average Bonchev–Trinajstić information content (AvgIpc) is 3.23. The second-order valence-corrected chi connectivity index (χ2v) is 4.61. The van der Waals surface area contributed by atoms with E-state index in [1.54, 1.807) is 12.4 Å². The van der Waals surface area contributed by atoms with Crippen LogP contribution in [0.3, 0.4) is 0 Å². The van der Waals surface area contributed by atoms with Gasteiger partial charge in [-0.2, -0.15) is 5.26 Å². The van der Waals surface area contributed by atoms with Gasteiger partial charge in [0.2, 0.25) is 0 Å². The quantitative estimate of drug-likeness (QED) is 0.885. The van der Waals surface area contributed by atoms with Crippen LogP contribution in [-0.4, -0.2) is 25.7 Å². The van der Waals surface area contributed by atoms with Gasteiger partial charge in [0.25, 0.3) is 5.91 Å². The molecule has 20 heavy (non-hydrogen) atoms. The van der Waals surface area contributed by atoms with Crippen molar-refractivity contribution in [1.29, 1.82) is 5.26 Å². The van der Waals surface area contributed by atoms with Crippen molar-refractivity contribution in [2.75, 3.05) is 0 Å². The summed E-state index contributed by atoms with van der Waals surface area (Å²) in [7, 11) is 0. The molecule has 2 heterocycles. The van der Waals surface area contributed by atoms with Crippen LogP contribution >= 0.6 is 0 Å². The first kappa shape index (κ1) is 12.3. The van der Waals surface area contributed by atoms with Crippen LogP contribution in [0.15, 0.2) is 24.7 Å². The van der Waals surface area contributed by atoms with Crippen molar-refractivity contribution < 1.29 is 4.79 Å². The lowest BCUT2D eigenvalue weighted by Crippen LogP contribution is -2.25. The normalized spacial score (nSPS) is 13.8. The Bertz CT molecular complexity index is 682. The molecule has 0 saturated heterocycles. The van der Waals surface area contributed by atoms with Gasteiger partial charge in [-0.25, -0.2) is 0 Å². The van der Waals surface area contributed by atoms with Gasteiger partial charge < -0.3 is 9.88 Å². The standard InChI is InChI=1S/C13H12N6O/c14-6-9-3-4-15-11(5-9)13(20)16-7-12-18-17-8-19(12)10-1-2-10/h3-5,8,10H,1-2,7H2,(H,16,20). The van der Waals surface area contributed by atoms with E-state index in [0.717, 1.165) is 18.7 Å². The predicted molar refractivity (Wildman–Crippen MR) is 68.4 cm³/mol. The molecule has 0 spiro atoms. The van der Waals surface area contributed by atoms with Crippen LogP contribution in [0.2, 0.25) is 0 Å². The van der Waals surface area contributed by atoms with Gasteiger partial charge in [0.05, 0.1) is 18.2 Å². The summed E-state index contributed by atoms with van der Waals surface area (Å²) in [5, 5.41) is 19.4. The molecule has 1 fully saturated rings. The van der Waals surface area contributed by atoms with Crippen LogP contribution in [0.5, 0.6) is 0 Å². The number of nitrogens with zero attached hydrogens (tertiary/aromatic N) is 5. The number of aromatic nitrogens is 4. The molecule has 1 saturated carbocycles. The molecule has 1 aliphatic rings. The second kappa shape index (κ2) is 5.09. The topological polar surface area (TPSA) is 96.5 Å². The largest absolute Gasteiger partial charge is 0.343 e. The summed E-state index contributed by atoms with van der Waals surface area (Å²) in [6.07, 6.45) is 5.39. The number of hydrogen-bond donors (Lipinski definition) is 1. The SMILES string of the molecule is N#Cc1ccnc(C(=O)NCc2nncn2C2CC2)c1.